The van der Waals surface area contributed by atoms with Crippen molar-refractivity contribution in [3.05, 3.63) is 0 Å². The number of hydrogen-bond acceptors (Lipinski definition) is 2. The minimum atomic E-state index is 0.433. The molecule has 1 aliphatic carbocycles. The van der Waals surface area contributed by atoms with Crippen LogP contribution < -0.4 is 5.73 Å². The lowest BCUT2D eigenvalue weighted by atomic mass is 9.93. The van der Waals surface area contributed by atoms with Gasteiger partial charge in [-0.25, -0.2) is 0 Å². The molecule has 106 valence electrons. The Kier molecular flexibility index (Phi) is 6.50. The average Bonchev–Trinajstić information content (AvgIpc) is 2.87. The summed E-state index contributed by atoms with van der Waals surface area (Å²) in [6.45, 7) is 2.61. The van der Waals surface area contributed by atoms with Crippen LogP contribution in [0.2, 0.25) is 0 Å². The monoisotopic (exact) mass is 252 g/mol. The summed E-state index contributed by atoms with van der Waals surface area (Å²) in [5, 5.41) is 0. The van der Waals surface area contributed by atoms with Gasteiger partial charge in [-0.05, 0) is 38.8 Å². The molecule has 0 aromatic rings. The van der Waals surface area contributed by atoms with E-state index < -0.39 is 0 Å². The van der Waals surface area contributed by atoms with E-state index in [-0.39, 0.29) is 0 Å². The summed E-state index contributed by atoms with van der Waals surface area (Å²) < 4.78 is 0. The summed E-state index contributed by atoms with van der Waals surface area (Å²) in [7, 11) is 0. The van der Waals surface area contributed by atoms with E-state index in [4.69, 9.17) is 5.73 Å². The molecule has 0 aromatic carbocycles. The van der Waals surface area contributed by atoms with Gasteiger partial charge in [-0.3, -0.25) is 4.90 Å². The highest BCUT2D eigenvalue weighted by atomic mass is 15.2. The van der Waals surface area contributed by atoms with Gasteiger partial charge in [-0.1, -0.05) is 51.4 Å². The average molecular weight is 252 g/mol. The van der Waals surface area contributed by atoms with Crippen molar-refractivity contribution in [1.29, 1.82) is 0 Å². The van der Waals surface area contributed by atoms with Gasteiger partial charge in [0.05, 0.1) is 0 Å². The first-order valence-corrected chi connectivity index (χ1v) is 8.37. The van der Waals surface area contributed by atoms with Crippen LogP contribution in [0.1, 0.15) is 77.0 Å². The Morgan fingerprint density at radius 1 is 0.611 bits per heavy atom. The Morgan fingerprint density at radius 3 is 1.72 bits per heavy atom. The minimum Gasteiger partial charge on any atom is -0.326 e. The van der Waals surface area contributed by atoms with Crippen molar-refractivity contribution in [2.75, 3.05) is 13.1 Å². The first-order valence-electron chi connectivity index (χ1n) is 8.37. The molecule has 0 aromatic heterocycles. The van der Waals surface area contributed by atoms with Gasteiger partial charge in [0.2, 0.25) is 0 Å². The predicted octanol–water partition coefficient (Wildman–Crippen LogP) is 3.69. The second-order valence-electron chi connectivity index (χ2n) is 6.38. The van der Waals surface area contributed by atoms with Crippen molar-refractivity contribution in [3.8, 4) is 0 Å². The molecule has 0 spiro atoms. The fourth-order valence-electron chi connectivity index (χ4n) is 3.73. The van der Waals surface area contributed by atoms with E-state index in [1.807, 2.05) is 0 Å². The molecule has 0 amide bonds. The molecule has 0 radical (unpaired) electrons. The molecule has 2 heteroatoms. The lowest BCUT2D eigenvalue weighted by molar-refractivity contribution is 0.187. The highest BCUT2D eigenvalue weighted by Crippen LogP contribution is 2.22. The Bertz CT molecular complexity index is 211. The number of likely N-dealkylation sites (tertiary alicyclic amines) is 1. The molecule has 2 unspecified atom stereocenters. The van der Waals surface area contributed by atoms with Crippen molar-refractivity contribution >= 4 is 0 Å². The summed E-state index contributed by atoms with van der Waals surface area (Å²) in [4.78, 5) is 2.69. The minimum absolute atomic E-state index is 0.433. The van der Waals surface area contributed by atoms with Crippen molar-refractivity contribution in [2.24, 2.45) is 5.73 Å². The molecule has 2 fully saturated rings. The summed E-state index contributed by atoms with van der Waals surface area (Å²) in [6, 6.07) is 1.12. The molecule has 2 atom stereocenters. The van der Waals surface area contributed by atoms with Crippen LogP contribution in [0, 0.1) is 0 Å². The van der Waals surface area contributed by atoms with Gasteiger partial charge in [0, 0.05) is 12.1 Å². The van der Waals surface area contributed by atoms with Crippen molar-refractivity contribution < 1.29 is 0 Å². The molecule has 2 rings (SSSR count). The number of hydrogen-bond donors (Lipinski definition) is 1. The van der Waals surface area contributed by atoms with Gasteiger partial charge in [-0.2, -0.15) is 0 Å². The summed E-state index contributed by atoms with van der Waals surface area (Å²) >= 11 is 0. The zero-order valence-corrected chi connectivity index (χ0v) is 12.1. The van der Waals surface area contributed by atoms with Crippen molar-refractivity contribution in [2.45, 2.75) is 89.1 Å². The van der Waals surface area contributed by atoms with Crippen molar-refractivity contribution in [1.82, 2.24) is 4.90 Å². The largest absolute Gasteiger partial charge is 0.326 e. The first-order chi connectivity index (χ1) is 8.88. The Morgan fingerprint density at radius 2 is 1.11 bits per heavy atom. The van der Waals surface area contributed by atoms with Gasteiger partial charge in [-0.15, -0.1) is 0 Å². The SMILES string of the molecule is NC1CCCCCCCCCCC1N1CCCC1. The van der Waals surface area contributed by atoms with E-state index in [1.54, 1.807) is 0 Å². The Balaban J connectivity index is 1.85. The molecule has 0 bridgehead atoms. The summed E-state index contributed by atoms with van der Waals surface area (Å²) in [5.41, 5.74) is 6.50. The highest BCUT2D eigenvalue weighted by molar-refractivity contribution is 4.85. The maximum absolute atomic E-state index is 6.50. The van der Waals surface area contributed by atoms with E-state index >= 15 is 0 Å². The smallest absolute Gasteiger partial charge is 0.0247 e. The first kappa shape index (κ1) is 14.3. The Hall–Kier alpha value is -0.0800. The molecular weight excluding hydrogens is 220 g/mol. The second kappa shape index (κ2) is 8.16. The molecule has 1 saturated carbocycles. The predicted molar refractivity (Wildman–Crippen MR) is 78.7 cm³/mol. The number of nitrogens with zero attached hydrogens (tertiary/aromatic N) is 1. The van der Waals surface area contributed by atoms with Crippen LogP contribution in [0.4, 0.5) is 0 Å². The van der Waals surface area contributed by atoms with Gasteiger partial charge in [0.1, 0.15) is 0 Å². The molecule has 1 saturated heterocycles. The van der Waals surface area contributed by atoms with Crippen LogP contribution in [-0.4, -0.2) is 30.1 Å². The van der Waals surface area contributed by atoms with Crippen LogP contribution in [0.3, 0.4) is 0 Å². The van der Waals surface area contributed by atoms with Gasteiger partial charge in [0.25, 0.3) is 0 Å². The zero-order chi connectivity index (χ0) is 12.6. The number of rotatable bonds is 1. The molecular formula is C16H32N2. The van der Waals surface area contributed by atoms with Crippen molar-refractivity contribution in [3.63, 3.8) is 0 Å². The molecule has 2 aliphatic rings. The number of nitrogens with two attached hydrogens (primary N) is 1. The standard InChI is InChI=1S/C16H32N2/c17-15-11-7-5-3-1-2-4-6-8-12-16(15)18-13-9-10-14-18/h15-16H,1-14,17H2. The summed E-state index contributed by atoms with van der Waals surface area (Å²) in [5.74, 6) is 0. The quantitative estimate of drug-likeness (QED) is 0.771. The van der Waals surface area contributed by atoms with Gasteiger partial charge in [0.15, 0.2) is 0 Å². The maximum Gasteiger partial charge on any atom is 0.0247 e. The second-order valence-corrected chi connectivity index (χ2v) is 6.38. The third kappa shape index (κ3) is 4.55. The van der Waals surface area contributed by atoms with Crippen LogP contribution in [0.25, 0.3) is 0 Å². The van der Waals surface area contributed by atoms with E-state index in [9.17, 15) is 0 Å². The fourth-order valence-corrected chi connectivity index (χ4v) is 3.73. The van der Waals surface area contributed by atoms with Gasteiger partial charge < -0.3 is 5.73 Å². The van der Waals surface area contributed by atoms with Crippen LogP contribution in [0.15, 0.2) is 0 Å². The van der Waals surface area contributed by atoms with Crippen LogP contribution in [-0.2, 0) is 0 Å². The lowest BCUT2D eigenvalue weighted by Gasteiger charge is -2.33. The molecule has 2 N–H and O–H groups in total. The molecule has 1 heterocycles. The third-order valence-corrected chi connectivity index (χ3v) is 4.89. The van der Waals surface area contributed by atoms with E-state index in [2.05, 4.69) is 4.90 Å². The molecule has 18 heavy (non-hydrogen) atoms. The van der Waals surface area contributed by atoms with Gasteiger partial charge >= 0.3 is 0 Å². The zero-order valence-electron chi connectivity index (χ0n) is 12.1. The van der Waals surface area contributed by atoms with E-state index in [1.165, 1.54) is 90.1 Å². The van der Waals surface area contributed by atoms with E-state index in [0.29, 0.717) is 12.1 Å². The normalized spacial score (nSPS) is 33.8. The lowest BCUT2D eigenvalue weighted by Crippen LogP contribution is -2.46. The maximum atomic E-state index is 6.50. The van der Waals surface area contributed by atoms with Crippen LogP contribution in [0.5, 0.6) is 0 Å². The topological polar surface area (TPSA) is 29.3 Å². The van der Waals surface area contributed by atoms with Crippen LogP contribution >= 0.6 is 0 Å². The third-order valence-electron chi connectivity index (χ3n) is 4.89. The molecule has 2 nitrogen and oxygen atoms in total. The Labute approximate surface area is 113 Å². The van der Waals surface area contributed by atoms with E-state index in [0.717, 1.165) is 0 Å². The molecule has 1 aliphatic heterocycles. The highest BCUT2D eigenvalue weighted by Gasteiger charge is 2.26. The fraction of sp³-hybridized carbons (Fsp3) is 1.00. The summed E-state index contributed by atoms with van der Waals surface area (Å²) in [6.07, 6.45) is 16.8.